The van der Waals surface area contributed by atoms with E-state index < -0.39 is 5.82 Å². The van der Waals surface area contributed by atoms with E-state index in [1.165, 1.54) is 12.4 Å². The molecule has 0 spiro atoms. The highest BCUT2D eigenvalue weighted by atomic mass is 19.1. The van der Waals surface area contributed by atoms with Crippen LogP contribution in [-0.4, -0.2) is 38.6 Å². The first-order chi connectivity index (χ1) is 15.2. The highest BCUT2D eigenvalue weighted by Gasteiger charge is 2.27. The molecule has 4 rings (SSSR count). The summed E-state index contributed by atoms with van der Waals surface area (Å²) in [5.41, 5.74) is 14.7. The molecule has 0 unspecified atom stereocenters. The van der Waals surface area contributed by atoms with Crippen LogP contribution in [0.2, 0.25) is 0 Å². The Balaban J connectivity index is 1.61. The fourth-order valence-electron chi connectivity index (χ4n) is 3.66. The van der Waals surface area contributed by atoms with Gasteiger partial charge in [-0.25, -0.2) is 19.3 Å². The van der Waals surface area contributed by atoms with Crippen LogP contribution < -0.4 is 21.7 Å². The number of anilines is 3. The monoisotopic (exact) mass is 434 g/mol. The normalized spacial score (nSPS) is 15.4. The van der Waals surface area contributed by atoms with Crippen LogP contribution in [0.25, 0.3) is 17.1 Å². The van der Waals surface area contributed by atoms with Crippen molar-refractivity contribution < 1.29 is 4.39 Å². The molecule has 4 heterocycles. The zero-order valence-electron chi connectivity index (χ0n) is 18.3. The second-order valence-electron chi connectivity index (χ2n) is 8.40. The maximum absolute atomic E-state index is 14.6. The van der Waals surface area contributed by atoms with Crippen molar-refractivity contribution in [2.45, 2.75) is 32.2 Å². The molecule has 3 aromatic heterocycles. The van der Waals surface area contributed by atoms with Crippen molar-refractivity contribution in [3.63, 3.8) is 0 Å². The van der Waals surface area contributed by atoms with Crippen LogP contribution in [0.15, 0.2) is 43.4 Å². The van der Waals surface area contributed by atoms with Crippen LogP contribution in [-0.2, 0) is 0 Å². The van der Waals surface area contributed by atoms with Gasteiger partial charge in [-0.15, -0.1) is 0 Å². The van der Waals surface area contributed by atoms with Crippen LogP contribution in [0.4, 0.5) is 21.7 Å². The lowest BCUT2D eigenvalue weighted by Gasteiger charge is -2.38. The molecule has 9 heteroatoms. The van der Waals surface area contributed by atoms with Crippen LogP contribution in [0.1, 0.15) is 31.0 Å². The lowest BCUT2D eigenvalue weighted by Crippen LogP contribution is -2.48. The van der Waals surface area contributed by atoms with Crippen molar-refractivity contribution >= 4 is 23.0 Å². The zero-order chi connectivity index (χ0) is 22.9. The number of pyridine rings is 2. The number of piperidine rings is 1. The first kappa shape index (κ1) is 21.6. The molecule has 0 aromatic carbocycles. The van der Waals surface area contributed by atoms with Crippen molar-refractivity contribution in [3.05, 3.63) is 60.4 Å². The minimum atomic E-state index is -0.444. The van der Waals surface area contributed by atoms with E-state index in [-0.39, 0.29) is 22.7 Å². The van der Waals surface area contributed by atoms with E-state index >= 15 is 0 Å². The molecule has 0 bridgehead atoms. The van der Waals surface area contributed by atoms with E-state index in [4.69, 9.17) is 11.5 Å². The number of nitrogens with zero attached hydrogens (tertiary/aromatic N) is 5. The number of rotatable bonds is 5. The van der Waals surface area contributed by atoms with Crippen molar-refractivity contribution in [2.24, 2.45) is 5.73 Å². The SMILES string of the molecule is C=C(Nc1ncccc1N1CCC(C)(N)CC1)c1nc(-c2nccc(C)c2F)cnc1N. The first-order valence-corrected chi connectivity index (χ1v) is 10.4. The van der Waals surface area contributed by atoms with Crippen molar-refractivity contribution in [3.8, 4) is 11.4 Å². The van der Waals surface area contributed by atoms with Gasteiger partial charge in [-0.3, -0.25) is 4.98 Å². The fourth-order valence-corrected chi connectivity index (χ4v) is 3.66. The smallest absolute Gasteiger partial charge is 0.154 e. The summed E-state index contributed by atoms with van der Waals surface area (Å²) in [6.45, 7) is 9.48. The van der Waals surface area contributed by atoms with Crippen LogP contribution >= 0.6 is 0 Å². The molecule has 1 fully saturated rings. The summed E-state index contributed by atoms with van der Waals surface area (Å²) in [4.78, 5) is 19.5. The van der Waals surface area contributed by atoms with Gasteiger partial charge in [-0.2, -0.15) is 0 Å². The number of aryl methyl sites for hydroxylation is 1. The third kappa shape index (κ3) is 4.38. The number of nitrogen functional groups attached to an aromatic ring is 1. The summed E-state index contributed by atoms with van der Waals surface area (Å²) in [7, 11) is 0. The lowest BCUT2D eigenvalue weighted by atomic mass is 9.91. The summed E-state index contributed by atoms with van der Waals surface area (Å²) >= 11 is 0. The number of halogens is 1. The van der Waals surface area contributed by atoms with Gasteiger partial charge < -0.3 is 21.7 Å². The molecule has 8 nitrogen and oxygen atoms in total. The van der Waals surface area contributed by atoms with Gasteiger partial charge in [0.15, 0.2) is 17.5 Å². The van der Waals surface area contributed by atoms with Gasteiger partial charge in [-0.1, -0.05) is 6.58 Å². The van der Waals surface area contributed by atoms with E-state index in [1.807, 2.05) is 12.1 Å². The van der Waals surface area contributed by atoms with Gasteiger partial charge >= 0.3 is 0 Å². The Hall–Kier alpha value is -3.59. The Labute approximate surface area is 186 Å². The van der Waals surface area contributed by atoms with Crippen molar-refractivity contribution in [1.29, 1.82) is 0 Å². The minimum absolute atomic E-state index is 0.114. The third-order valence-corrected chi connectivity index (χ3v) is 5.71. The Kier molecular flexibility index (Phi) is 5.75. The molecule has 1 aliphatic rings. The summed E-state index contributed by atoms with van der Waals surface area (Å²) in [6.07, 6.45) is 6.41. The summed E-state index contributed by atoms with van der Waals surface area (Å²) < 4.78 is 14.6. The first-order valence-electron chi connectivity index (χ1n) is 10.4. The van der Waals surface area contributed by atoms with Crippen LogP contribution in [0.3, 0.4) is 0 Å². The van der Waals surface area contributed by atoms with Gasteiger partial charge in [0.1, 0.15) is 17.1 Å². The van der Waals surface area contributed by atoms with E-state index in [0.717, 1.165) is 31.6 Å². The molecule has 1 saturated heterocycles. The Bertz CT molecular complexity index is 1150. The number of nitrogens with two attached hydrogens (primary N) is 2. The quantitative estimate of drug-likeness (QED) is 0.559. The molecule has 0 aliphatic carbocycles. The summed E-state index contributed by atoms with van der Waals surface area (Å²) in [6, 6.07) is 5.49. The number of hydrogen-bond acceptors (Lipinski definition) is 8. The second-order valence-corrected chi connectivity index (χ2v) is 8.40. The largest absolute Gasteiger partial charge is 0.382 e. The molecule has 0 radical (unpaired) electrons. The average Bonchev–Trinajstić information content (AvgIpc) is 2.77. The molecule has 0 atom stereocenters. The lowest BCUT2D eigenvalue weighted by molar-refractivity contribution is 0.364. The van der Waals surface area contributed by atoms with Gasteiger partial charge in [0.05, 0.1) is 17.6 Å². The number of nitrogens with one attached hydrogen (secondary N) is 1. The summed E-state index contributed by atoms with van der Waals surface area (Å²) in [5.74, 6) is 0.360. The molecule has 5 N–H and O–H groups in total. The van der Waals surface area contributed by atoms with Crippen molar-refractivity contribution in [2.75, 3.05) is 29.0 Å². The fraction of sp³-hybridized carbons (Fsp3) is 0.304. The average molecular weight is 435 g/mol. The van der Waals surface area contributed by atoms with E-state index in [9.17, 15) is 4.39 Å². The molecule has 0 amide bonds. The Morgan fingerprint density at radius 3 is 2.69 bits per heavy atom. The van der Waals surface area contributed by atoms with Gasteiger partial charge in [0.2, 0.25) is 0 Å². The predicted octanol–water partition coefficient (Wildman–Crippen LogP) is 3.36. The van der Waals surface area contributed by atoms with Gasteiger partial charge in [0.25, 0.3) is 0 Å². The highest BCUT2D eigenvalue weighted by molar-refractivity contribution is 5.82. The topological polar surface area (TPSA) is 119 Å². The van der Waals surface area contributed by atoms with Crippen molar-refractivity contribution in [1.82, 2.24) is 19.9 Å². The third-order valence-electron chi connectivity index (χ3n) is 5.71. The summed E-state index contributed by atoms with van der Waals surface area (Å²) in [5, 5.41) is 3.22. The molecular formula is C23H27FN8. The highest BCUT2D eigenvalue weighted by Crippen LogP contribution is 2.31. The number of aromatic nitrogens is 4. The maximum Gasteiger partial charge on any atom is 0.154 e. The van der Waals surface area contributed by atoms with Gasteiger partial charge in [-0.05, 0) is 50.5 Å². The molecule has 32 heavy (non-hydrogen) atoms. The maximum atomic E-state index is 14.6. The minimum Gasteiger partial charge on any atom is -0.382 e. The molecule has 166 valence electrons. The molecular weight excluding hydrogens is 407 g/mol. The van der Waals surface area contributed by atoms with Crippen LogP contribution in [0.5, 0.6) is 0 Å². The Morgan fingerprint density at radius 2 is 1.94 bits per heavy atom. The van der Waals surface area contributed by atoms with Gasteiger partial charge in [0, 0.05) is 31.0 Å². The zero-order valence-corrected chi connectivity index (χ0v) is 18.3. The Morgan fingerprint density at radius 1 is 1.19 bits per heavy atom. The van der Waals surface area contributed by atoms with E-state index in [0.29, 0.717) is 22.8 Å². The second kappa shape index (κ2) is 8.51. The predicted molar refractivity (Wildman–Crippen MR) is 125 cm³/mol. The molecule has 3 aromatic rings. The number of hydrogen-bond donors (Lipinski definition) is 3. The van der Waals surface area contributed by atoms with E-state index in [1.54, 1.807) is 19.2 Å². The standard InChI is InChI=1S/C23H27FN8/c1-14-6-10-27-20(18(14)24)16-13-29-21(25)19(31-16)15(2)30-22-17(5-4-9-28-22)32-11-7-23(3,26)8-12-32/h4-6,9-10,13H,2,7-8,11-12,26H2,1,3H3,(H2,25,29)(H,28,30). The van der Waals surface area contributed by atoms with Crippen LogP contribution in [0, 0.1) is 12.7 Å². The molecule has 1 aliphatic heterocycles. The van der Waals surface area contributed by atoms with E-state index in [2.05, 4.69) is 43.7 Å². The molecule has 0 saturated carbocycles.